The molecule has 1 saturated carbocycles. The molecule has 2 rings (SSSR count). The van der Waals surface area contributed by atoms with Gasteiger partial charge in [-0.25, -0.2) is 0 Å². The number of hydrogen-bond acceptors (Lipinski definition) is 1. The largest absolute Gasteiger partial charge is 0.282 e. The number of halogens is 1. The summed E-state index contributed by atoms with van der Waals surface area (Å²) < 4.78 is 0. The monoisotopic (exact) mass is 170 g/mol. The molecule has 1 aromatic rings. The van der Waals surface area contributed by atoms with Crippen LogP contribution in [0.5, 0.6) is 0 Å². The van der Waals surface area contributed by atoms with Crippen LogP contribution in [-0.2, 0) is 12.3 Å². The molecule has 1 fully saturated rings. The Balaban J connectivity index is 2.07. The van der Waals surface area contributed by atoms with Crippen molar-refractivity contribution in [2.75, 3.05) is 0 Å². The van der Waals surface area contributed by atoms with Crippen molar-refractivity contribution in [3.05, 3.63) is 17.5 Å². The molecule has 0 bridgehead atoms. The molecule has 3 heteroatoms. The maximum Gasteiger partial charge on any atom is 0.0534 e. The third kappa shape index (κ3) is 1.56. The second kappa shape index (κ2) is 2.86. The van der Waals surface area contributed by atoms with E-state index in [9.17, 15) is 0 Å². The molecule has 0 atom stereocenters. The SMILES string of the molecule is ClCc1cn[nH]c1CC1CC1. The molecule has 1 aromatic heterocycles. The zero-order valence-electron chi connectivity index (χ0n) is 6.31. The molecule has 0 aromatic carbocycles. The van der Waals surface area contributed by atoms with Crippen LogP contribution in [0, 0.1) is 5.92 Å². The number of nitrogens with zero attached hydrogens (tertiary/aromatic N) is 1. The second-order valence-corrected chi connectivity index (χ2v) is 3.42. The lowest BCUT2D eigenvalue weighted by Gasteiger charge is -1.95. The number of aromatic amines is 1. The fourth-order valence-corrected chi connectivity index (χ4v) is 1.47. The number of aromatic nitrogens is 2. The number of H-pyrrole nitrogens is 1. The highest BCUT2D eigenvalue weighted by Gasteiger charge is 2.23. The molecule has 0 radical (unpaired) electrons. The van der Waals surface area contributed by atoms with Gasteiger partial charge in [-0.05, 0) is 25.2 Å². The molecule has 1 aliphatic rings. The maximum absolute atomic E-state index is 5.72. The van der Waals surface area contributed by atoms with Gasteiger partial charge in [0.05, 0.1) is 12.1 Å². The summed E-state index contributed by atoms with van der Waals surface area (Å²) >= 11 is 5.72. The maximum atomic E-state index is 5.72. The Morgan fingerprint density at radius 3 is 3.09 bits per heavy atom. The quantitative estimate of drug-likeness (QED) is 0.692. The number of alkyl halides is 1. The van der Waals surface area contributed by atoms with Crippen LogP contribution < -0.4 is 0 Å². The van der Waals surface area contributed by atoms with Gasteiger partial charge < -0.3 is 0 Å². The molecule has 1 N–H and O–H groups in total. The van der Waals surface area contributed by atoms with Gasteiger partial charge in [-0.3, -0.25) is 5.10 Å². The molecule has 0 spiro atoms. The fraction of sp³-hybridized carbons (Fsp3) is 0.625. The van der Waals surface area contributed by atoms with Gasteiger partial charge in [-0.15, -0.1) is 11.6 Å². The van der Waals surface area contributed by atoms with Gasteiger partial charge in [-0.2, -0.15) is 5.10 Å². The van der Waals surface area contributed by atoms with Crippen LogP contribution in [0.25, 0.3) is 0 Å². The van der Waals surface area contributed by atoms with E-state index < -0.39 is 0 Å². The zero-order valence-corrected chi connectivity index (χ0v) is 7.06. The molecule has 0 unspecified atom stereocenters. The molecule has 11 heavy (non-hydrogen) atoms. The lowest BCUT2D eigenvalue weighted by molar-refractivity contribution is 0.791. The predicted octanol–water partition coefficient (Wildman–Crippen LogP) is 2.10. The molecule has 60 valence electrons. The highest BCUT2D eigenvalue weighted by molar-refractivity contribution is 6.17. The molecule has 2 nitrogen and oxygen atoms in total. The molecular weight excluding hydrogens is 160 g/mol. The van der Waals surface area contributed by atoms with Crippen LogP contribution in [0.4, 0.5) is 0 Å². The molecule has 0 amide bonds. The van der Waals surface area contributed by atoms with Crippen LogP contribution in [0.15, 0.2) is 6.20 Å². The third-order valence-electron chi connectivity index (χ3n) is 2.14. The standard InChI is InChI=1S/C8H11ClN2/c9-4-7-5-10-11-8(7)3-6-1-2-6/h5-6H,1-4H2,(H,10,11). The van der Waals surface area contributed by atoms with E-state index in [1.54, 1.807) is 0 Å². The highest BCUT2D eigenvalue weighted by Crippen LogP contribution is 2.32. The van der Waals surface area contributed by atoms with Gasteiger partial charge in [-0.1, -0.05) is 0 Å². The fourth-order valence-electron chi connectivity index (χ4n) is 1.24. The average molecular weight is 171 g/mol. The van der Waals surface area contributed by atoms with E-state index in [-0.39, 0.29) is 0 Å². The van der Waals surface area contributed by atoms with Gasteiger partial charge in [0.15, 0.2) is 0 Å². The van der Waals surface area contributed by atoms with Crippen LogP contribution in [0.1, 0.15) is 24.1 Å². The van der Waals surface area contributed by atoms with Crippen molar-refractivity contribution < 1.29 is 0 Å². The van der Waals surface area contributed by atoms with E-state index in [4.69, 9.17) is 11.6 Å². The highest BCUT2D eigenvalue weighted by atomic mass is 35.5. The van der Waals surface area contributed by atoms with E-state index >= 15 is 0 Å². The lowest BCUT2D eigenvalue weighted by atomic mass is 10.1. The summed E-state index contributed by atoms with van der Waals surface area (Å²) in [6.07, 6.45) is 5.72. The van der Waals surface area contributed by atoms with E-state index in [1.165, 1.54) is 24.1 Å². The molecule has 0 aliphatic heterocycles. The van der Waals surface area contributed by atoms with Crippen molar-refractivity contribution in [2.45, 2.75) is 25.1 Å². The average Bonchev–Trinajstić information content (AvgIpc) is 2.68. The topological polar surface area (TPSA) is 28.7 Å². The first kappa shape index (κ1) is 7.17. The van der Waals surface area contributed by atoms with Crippen molar-refractivity contribution >= 4 is 11.6 Å². The summed E-state index contributed by atoms with van der Waals surface area (Å²) in [4.78, 5) is 0. The predicted molar refractivity (Wildman–Crippen MR) is 44.6 cm³/mol. The zero-order chi connectivity index (χ0) is 7.68. The molecule has 1 aliphatic carbocycles. The molecule has 1 heterocycles. The van der Waals surface area contributed by atoms with E-state index in [2.05, 4.69) is 10.2 Å². The third-order valence-corrected chi connectivity index (χ3v) is 2.43. The van der Waals surface area contributed by atoms with Crippen LogP contribution >= 0.6 is 11.6 Å². The minimum absolute atomic E-state index is 0.582. The van der Waals surface area contributed by atoms with Gasteiger partial charge in [0.2, 0.25) is 0 Å². The first-order valence-electron chi connectivity index (χ1n) is 3.97. The summed E-state index contributed by atoms with van der Waals surface area (Å²) in [5, 5.41) is 6.96. The summed E-state index contributed by atoms with van der Waals surface area (Å²) in [5.74, 6) is 1.48. The summed E-state index contributed by atoms with van der Waals surface area (Å²) in [6.45, 7) is 0. The van der Waals surface area contributed by atoms with Crippen molar-refractivity contribution in [3.8, 4) is 0 Å². The Morgan fingerprint density at radius 2 is 2.45 bits per heavy atom. The van der Waals surface area contributed by atoms with Crippen molar-refractivity contribution in [1.82, 2.24) is 10.2 Å². The summed E-state index contributed by atoms with van der Waals surface area (Å²) in [6, 6.07) is 0. The Morgan fingerprint density at radius 1 is 1.64 bits per heavy atom. The minimum Gasteiger partial charge on any atom is -0.282 e. The Hall–Kier alpha value is -0.500. The van der Waals surface area contributed by atoms with Gasteiger partial charge >= 0.3 is 0 Å². The Labute approximate surface area is 71.0 Å². The van der Waals surface area contributed by atoms with Crippen LogP contribution in [0.2, 0.25) is 0 Å². The second-order valence-electron chi connectivity index (χ2n) is 3.15. The van der Waals surface area contributed by atoms with E-state index in [0.29, 0.717) is 5.88 Å². The van der Waals surface area contributed by atoms with Gasteiger partial charge in [0, 0.05) is 11.3 Å². The number of rotatable bonds is 3. The summed E-state index contributed by atoms with van der Waals surface area (Å²) in [7, 11) is 0. The van der Waals surface area contributed by atoms with E-state index in [0.717, 1.165) is 12.3 Å². The van der Waals surface area contributed by atoms with E-state index in [1.807, 2.05) is 6.20 Å². The normalized spacial score (nSPS) is 17.2. The van der Waals surface area contributed by atoms with Gasteiger partial charge in [0.1, 0.15) is 0 Å². The Kier molecular flexibility index (Phi) is 1.86. The molecular formula is C8H11ClN2. The first-order valence-corrected chi connectivity index (χ1v) is 4.50. The Bertz CT molecular complexity index is 240. The summed E-state index contributed by atoms with van der Waals surface area (Å²) in [5.41, 5.74) is 2.40. The smallest absolute Gasteiger partial charge is 0.0534 e. The first-order chi connectivity index (χ1) is 5.40. The minimum atomic E-state index is 0.582. The lowest BCUT2D eigenvalue weighted by Crippen LogP contribution is -1.91. The molecule has 0 saturated heterocycles. The van der Waals surface area contributed by atoms with Crippen molar-refractivity contribution in [2.24, 2.45) is 5.92 Å². The van der Waals surface area contributed by atoms with Crippen LogP contribution in [0.3, 0.4) is 0 Å². The number of nitrogens with one attached hydrogen (secondary N) is 1. The van der Waals surface area contributed by atoms with Gasteiger partial charge in [0.25, 0.3) is 0 Å². The van der Waals surface area contributed by atoms with Crippen molar-refractivity contribution in [3.63, 3.8) is 0 Å². The van der Waals surface area contributed by atoms with Crippen LogP contribution in [-0.4, -0.2) is 10.2 Å². The van der Waals surface area contributed by atoms with Crippen molar-refractivity contribution in [1.29, 1.82) is 0 Å². The number of hydrogen-bond donors (Lipinski definition) is 1.